The molecule has 0 aliphatic carbocycles. The molecule has 0 aromatic carbocycles. The zero-order valence-corrected chi connectivity index (χ0v) is 11.6. The maximum atomic E-state index is 12.2. The zero-order chi connectivity index (χ0) is 14.7. The monoisotopic (exact) mass is 303 g/mol. The minimum atomic E-state index is -4.39. The van der Waals surface area contributed by atoms with Crippen molar-refractivity contribution in [2.24, 2.45) is 5.73 Å². The molecular formula is C10H20F3N3O2S. The van der Waals surface area contributed by atoms with Gasteiger partial charge in [0.2, 0.25) is 0 Å². The minimum Gasteiger partial charge on any atom is -0.329 e. The molecule has 0 spiro atoms. The Morgan fingerprint density at radius 2 is 2.05 bits per heavy atom. The Labute approximate surface area is 111 Å². The summed E-state index contributed by atoms with van der Waals surface area (Å²) in [6.45, 7) is 1.68. The number of hydrogen-bond donors (Lipinski definition) is 2. The van der Waals surface area contributed by atoms with Crippen molar-refractivity contribution in [1.82, 2.24) is 9.03 Å². The summed E-state index contributed by atoms with van der Waals surface area (Å²) in [5.74, 6) is 0. The van der Waals surface area contributed by atoms with Gasteiger partial charge in [-0.25, -0.2) is 0 Å². The Balaban J connectivity index is 2.69. The van der Waals surface area contributed by atoms with Crippen molar-refractivity contribution < 1.29 is 21.6 Å². The van der Waals surface area contributed by atoms with E-state index in [4.69, 9.17) is 5.73 Å². The molecule has 0 saturated carbocycles. The summed E-state index contributed by atoms with van der Waals surface area (Å²) in [6.07, 6.45) is -3.35. The van der Waals surface area contributed by atoms with Gasteiger partial charge in [0, 0.05) is 25.2 Å². The van der Waals surface area contributed by atoms with Gasteiger partial charge in [-0.3, -0.25) is 0 Å². The van der Waals surface area contributed by atoms with Gasteiger partial charge in [0.15, 0.2) is 0 Å². The third kappa shape index (κ3) is 5.25. The van der Waals surface area contributed by atoms with Gasteiger partial charge < -0.3 is 5.73 Å². The second-order valence-corrected chi connectivity index (χ2v) is 6.49. The van der Waals surface area contributed by atoms with Gasteiger partial charge in [0.05, 0.1) is 6.42 Å². The molecule has 19 heavy (non-hydrogen) atoms. The predicted octanol–water partition coefficient (Wildman–Crippen LogP) is 0.975. The summed E-state index contributed by atoms with van der Waals surface area (Å²) >= 11 is 0. The van der Waals surface area contributed by atoms with Gasteiger partial charge >= 0.3 is 6.18 Å². The summed E-state index contributed by atoms with van der Waals surface area (Å²) in [5.41, 5.74) is 5.51. The molecule has 0 aromatic heterocycles. The van der Waals surface area contributed by atoms with E-state index in [-0.39, 0.29) is 12.6 Å². The van der Waals surface area contributed by atoms with Crippen LogP contribution in [0.15, 0.2) is 0 Å². The lowest BCUT2D eigenvalue weighted by atomic mass is 10.1. The predicted molar refractivity (Wildman–Crippen MR) is 65.6 cm³/mol. The lowest BCUT2D eigenvalue weighted by molar-refractivity contribution is -0.138. The smallest absolute Gasteiger partial charge is 0.329 e. The molecule has 0 radical (unpaired) electrons. The second-order valence-electron chi connectivity index (χ2n) is 4.84. The summed E-state index contributed by atoms with van der Waals surface area (Å²) < 4.78 is 63.9. The molecule has 1 aliphatic heterocycles. The molecule has 1 aliphatic rings. The Hall–Kier alpha value is -0.380. The third-order valence-corrected chi connectivity index (χ3v) is 4.84. The van der Waals surface area contributed by atoms with E-state index in [9.17, 15) is 21.6 Å². The first-order chi connectivity index (χ1) is 8.65. The van der Waals surface area contributed by atoms with Crippen LogP contribution in [0.1, 0.15) is 32.6 Å². The topological polar surface area (TPSA) is 75.4 Å². The number of piperidine rings is 1. The van der Waals surface area contributed by atoms with Crippen molar-refractivity contribution >= 4 is 10.2 Å². The molecule has 5 nitrogen and oxygen atoms in total. The van der Waals surface area contributed by atoms with Crippen LogP contribution in [0.25, 0.3) is 0 Å². The maximum absolute atomic E-state index is 12.2. The third-order valence-electron chi connectivity index (χ3n) is 3.04. The first-order valence-electron chi connectivity index (χ1n) is 6.21. The number of hydrogen-bond acceptors (Lipinski definition) is 3. The maximum Gasteiger partial charge on any atom is 0.390 e. The molecule has 1 fully saturated rings. The number of nitrogens with zero attached hydrogens (tertiary/aromatic N) is 1. The molecule has 3 N–H and O–H groups in total. The molecule has 2 atom stereocenters. The lowest BCUT2D eigenvalue weighted by Crippen LogP contribution is -2.53. The Bertz CT molecular complexity index is 386. The van der Waals surface area contributed by atoms with E-state index in [0.29, 0.717) is 19.4 Å². The minimum absolute atomic E-state index is 0.175. The van der Waals surface area contributed by atoms with Crippen LogP contribution in [-0.2, 0) is 10.2 Å². The van der Waals surface area contributed by atoms with Crippen molar-refractivity contribution in [2.75, 3.05) is 13.1 Å². The van der Waals surface area contributed by atoms with E-state index >= 15 is 0 Å². The Morgan fingerprint density at radius 1 is 1.42 bits per heavy atom. The Kier molecular flexibility index (Phi) is 5.60. The fourth-order valence-electron chi connectivity index (χ4n) is 2.24. The number of nitrogens with two attached hydrogens (primary N) is 1. The van der Waals surface area contributed by atoms with Crippen LogP contribution >= 0.6 is 0 Å². The number of rotatable bonds is 5. The van der Waals surface area contributed by atoms with Crippen molar-refractivity contribution in [1.29, 1.82) is 0 Å². The van der Waals surface area contributed by atoms with Crippen molar-refractivity contribution in [3.8, 4) is 0 Å². The molecule has 1 rings (SSSR count). The number of alkyl halides is 3. The van der Waals surface area contributed by atoms with E-state index < -0.39 is 28.8 Å². The first-order valence-corrected chi connectivity index (χ1v) is 7.65. The highest BCUT2D eigenvalue weighted by atomic mass is 32.2. The van der Waals surface area contributed by atoms with Crippen LogP contribution in [-0.4, -0.2) is 44.1 Å². The van der Waals surface area contributed by atoms with Crippen molar-refractivity contribution in [3.05, 3.63) is 0 Å². The van der Waals surface area contributed by atoms with Gasteiger partial charge in [-0.15, -0.1) is 0 Å². The van der Waals surface area contributed by atoms with Crippen molar-refractivity contribution in [2.45, 2.75) is 50.9 Å². The average molecular weight is 303 g/mol. The van der Waals surface area contributed by atoms with Crippen LogP contribution in [0.4, 0.5) is 13.2 Å². The first kappa shape index (κ1) is 16.7. The molecule has 0 amide bonds. The van der Waals surface area contributed by atoms with E-state index in [0.717, 1.165) is 6.42 Å². The highest BCUT2D eigenvalue weighted by Gasteiger charge is 2.35. The van der Waals surface area contributed by atoms with E-state index in [1.54, 1.807) is 0 Å². The molecule has 1 heterocycles. The fraction of sp³-hybridized carbons (Fsp3) is 1.00. The molecular weight excluding hydrogens is 283 g/mol. The van der Waals surface area contributed by atoms with Gasteiger partial charge in [-0.2, -0.15) is 30.6 Å². The van der Waals surface area contributed by atoms with Crippen LogP contribution in [0.3, 0.4) is 0 Å². The van der Waals surface area contributed by atoms with E-state index in [1.165, 1.54) is 11.2 Å². The highest BCUT2D eigenvalue weighted by Crippen LogP contribution is 2.23. The van der Waals surface area contributed by atoms with Gasteiger partial charge in [-0.1, -0.05) is 6.42 Å². The van der Waals surface area contributed by atoms with E-state index in [2.05, 4.69) is 4.72 Å². The molecule has 2 unspecified atom stereocenters. The largest absolute Gasteiger partial charge is 0.390 e. The second kappa shape index (κ2) is 6.38. The molecule has 0 aromatic rings. The number of nitrogens with one attached hydrogen (secondary N) is 1. The van der Waals surface area contributed by atoms with E-state index in [1.807, 2.05) is 0 Å². The number of halogens is 3. The molecule has 9 heteroatoms. The highest BCUT2D eigenvalue weighted by molar-refractivity contribution is 7.87. The summed E-state index contributed by atoms with van der Waals surface area (Å²) in [5, 5.41) is 0. The van der Waals surface area contributed by atoms with Gasteiger partial charge in [0.25, 0.3) is 10.2 Å². The fourth-order valence-corrected chi connectivity index (χ4v) is 3.92. The SMILES string of the molecule is CC(CC(F)(F)F)NS(=O)(=O)N1CCCCC1CN. The van der Waals surface area contributed by atoms with Crippen LogP contribution < -0.4 is 10.5 Å². The molecule has 114 valence electrons. The Morgan fingerprint density at radius 3 is 2.58 bits per heavy atom. The van der Waals surface area contributed by atoms with Crippen LogP contribution in [0.5, 0.6) is 0 Å². The standard InChI is InChI=1S/C10H20F3N3O2S/c1-8(6-10(11,12)13)15-19(17,18)16-5-3-2-4-9(16)7-14/h8-9,15H,2-7,14H2,1H3. The molecule has 0 bridgehead atoms. The van der Waals surface area contributed by atoms with Crippen LogP contribution in [0.2, 0.25) is 0 Å². The average Bonchev–Trinajstić information content (AvgIpc) is 2.25. The summed E-state index contributed by atoms with van der Waals surface area (Å²) in [4.78, 5) is 0. The quantitative estimate of drug-likeness (QED) is 0.795. The lowest BCUT2D eigenvalue weighted by Gasteiger charge is -2.34. The summed E-state index contributed by atoms with van der Waals surface area (Å²) in [6, 6.07) is -1.52. The zero-order valence-electron chi connectivity index (χ0n) is 10.8. The van der Waals surface area contributed by atoms with Crippen molar-refractivity contribution in [3.63, 3.8) is 0 Å². The van der Waals surface area contributed by atoms with Crippen LogP contribution in [0, 0.1) is 0 Å². The normalized spacial score (nSPS) is 24.4. The van der Waals surface area contributed by atoms with Gasteiger partial charge in [-0.05, 0) is 19.8 Å². The summed E-state index contributed by atoms with van der Waals surface area (Å²) in [7, 11) is -3.91. The molecule has 1 saturated heterocycles. The van der Waals surface area contributed by atoms with Gasteiger partial charge in [0.1, 0.15) is 0 Å².